The van der Waals surface area contributed by atoms with Crippen LogP contribution in [0.1, 0.15) is 37.1 Å². The molecule has 0 radical (unpaired) electrons. The number of nitrogens with one attached hydrogen (secondary N) is 1. The van der Waals surface area contributed by atoms with E-state index in [1.807, 2.05) is 6.07 Å². The Bertz CT molecular complexity index is 537. The van der Waals surface area contributed by atoms with Crippen LogP contribution in [0.5, 0.6) is 0 Å². The molecule has 0 atom stereocenters. The van der Waals surface area contributed by atoms with E-state index in [0.717, 1.165) is 43.9 Å². The minimum Gasteiger partial charge on any atom is -0.472 e. The number of pyridine rings is 1. The molecule has 114 valence electrons. The van der Waals surface area contributed by atoms with Gasteiger partial charge in [-0.15, -0.1) is 0 Å². The number of rotatable bonds is 8. The van der Waals surface area contributed by atoms with Crippen LogP contribution in [0.3, 0.4) is 0 Å². The second kappa shape index (κ2) is 7.84. The molecule has 0 bridgehead atoms. The molecule has 4 nitrogen and oxygen atoms in total. The van der Waals surface area contributed by atoms with Gasteiger partial charge in [0.2, 0.25) is 0 Å². The first-order valence-corrected chi connectivity index (χ1v) is 7.65. The average Bonchev–Trinajstić information content (AvgIpc) is 2.98. The summed E-state index contributed by atoms with van der Waals surface area (Å²) in [5.74, 6) is 1.02. The summed E-state index contributed by atoms with van der Waals surface area (Å²) in [5.41, 5.74) is 3.62. The first kappa shape index (κ1) is 15.6. The highest BCUT2D eigenvalue weighted by atomic mass is 16.3. The molecule has 1 N–H and O–H groups in total. The van der Waals surface area contributed by atoms with Crippen molar-refractivity contribution in [3.05, 3.63) is 47.5 Å². The minimum absolute atomic E-state index is 0.805. The molecule has 0 aliphatic carbocycles. The highest BCUT2D eigenvalue weighted by molar-refractivity contribution is 5.42. The molecule has 0 unspecified atom stereocenters. The van der Waals surface area contributed by atoms with Gasteiger partial charge in [0, 0.05) is 31.4 Å². The summed E-state index contributed by atoms with van der Waals surface area (Å²) in [4.78, 5) is 6.95. The van der Waals surface area contributed by atoms with E-state index in [4.69, 9.17) is 9.40 Å². The normalized spacial score (nSPS) is 10.8. The fourth-order valence-electron chi connectivity index (χ4n) is 2.32. The molecule has 0 aromatic carbocycles. The van der Waals surface area contributed by atoms with Gasteiger partial charge < -0.3 is 14.6 Å². The Morgan fingerprint density at radius 3 is 2.76 bits per heavy atom. The van der Waals surface area contributed by atoms with Crippen molar-refractivity contribution in [2.45, 2.75) is 39.8 Å². The fraction of sp³-hybridized carbons (Fsp3) is 0.471. The molecule has 4 heteroatoms. The summed E-state index contributed by atoms with van der Waals surface area (Å²) >= 11 is 0. The van der Waals surface area contributed by atoms with Gasteiger partial charge in [-0.1, -0.05) is 20.3 Å². The Balaban J connectivity index is 2.17. The number of hydrogen-bond donors (Lipinski definition) is 1. The summed E-state index contributed by atoms with van der Waals surface area (Å²) in [6.45, 7) is 6.99. The summed E-state index contributed by atoms with van der Waals surface area (Å²) < 4.78 is 5.13. The molecule has 0 spiro atoms. The molecule has 0 saturated carbocycles. The fourth-order valence-corrected chi connectivity index (χ4v) is 2.32. The van der Waals surface area contributed by atoms with Crippen LogP contribution in [0.4, 0.5) is 5.82 Å². The minimum atomic E-state index is 0.805. The van der Waals surface area contributed by atoms with E-state index < -0.39 is 0 Å². The first-order valence-electron chi connectivity index (χ1n) is 7.65. The quantitative estimate of drug-likeness (QED) is 0.808. The lowest BCUT2D eigenvalue weighted by Gasteiger charge is -2.19. The maximum absolute atomic E-state index is 5.13. The second-order valence-electron chi connectivity index (χ2n) is 5.34. The van der Waals surface area contributed by atoms with Crippen molar-refractivity contribution in [3.8, 4) is 0 Å². The van der Waals surface area contributed by atoms with Crippen molar-refractivity contribution in [1.29, 1.82) is 0 Å². The van der Waals surface area contributed by atoms with Gasteiger partial charge in [-0.25, -0.2) is 4.98 Å². The van der Waals surface area contributed by atoms with Crippen molar-refractivity contribution >= 4 is 5.82 Å². The molecule has 2 heterocycles. The molecule has 0 aliphatic heterocycles. The maximum Gasteiger partial charge on any atom is 0.129 e. The zero-order valence-electron chi connectivity index (χ0n) is 13.2. The van der Waals surface area contributed by atoms with Gasteiger partial charge in [0.15, 0.2) is 0 Å². The summed E-state index contributed by atoms with van der Waals surface area (Å²) in [7, 11) is 2.07. The Morgan fingerprint density at radius 2 is 2.10 bits per heavy atom. The molecule has 2 rings (SSSR count). The predicted molar refractivity (Wildman–Crippen MR) is 86.4 cm³/mol. The lowest BCUT2D eigenvalue weighted by atomic mass is 10.1. The van der Waals surface area contributed by atoms with Crippen molar-refractivity contribution in [1.82, 2.24) is 10.3 Å². The summed E-state index contributed by atoms with van der Waals surface area (Å²) in [5, 5.41) is 3.38. The Labute approximate surface area is 127 Å². The number of nitrogens with zero attached hydrogens (tertiary/aromatic N) is 2. The smallest absolute Gasteiger partial charge is 0.129 e. The topological polar surface area (TPSA) is 41.3 Å². The van der Waals surface area contributed by atoms with Crippen molar-refractivity contribution in [2.75, 3.05) is 18.5 Å². The molecule has 2 aromatic rings. The standard InChI is InChI=1S/C17H25N3O/c1-4-6-16-9-15(11-18-5-2)10-17(19-16)20(3)12-14-7-8-21-13-14/h7-10,13,18H,4-6,11-12H2,1-3H3. The molecule has 0 amide bonds. The third-order valence-corrected chi connectivity index (χ3v) is 3.40. The lowest BCUT2D eigenvalue weighted by Crippen LogP contribution is -2.19. The third-order valence-electron chi connectivity index (χ3n) is 3.40. The predicted octanol–water partition coefficient (Wildman–Crippen LogP) is 3.37. The van der Waals surface area contributed by atoms with Crippen LogP contribution < -0.4 is 10.2 Å². The van der Waals surface area contributed by atoms with E-state index in [0.29, 0.717) is 0 Å². The Kier molecular flexibility index (Phi) is 5.81. The molecular formula is C17H25N3O. The first-order chi connectivity index (χ1) is 10.2. The van der Waals surface area contributed by atoms with E-state index in [2.05, 4.69) is 43.2 Å². The molecular weight excluding hydrogens is 262 g/mol. The molecule has 21 heavy (non-hydrogen) atoms. The van der Waals surface area contributed by atoms with Crippen LogP contribution in [-0.4, -0.2) is 18.6 Å². The second-order valence-corrected chi connectivity index (χ2v) is 5.34. The summed E-state index contributed by atoms with van der Waals surface area (Å²) in [6.07, 6.45) is 5.63. The van der Waals surface area contributed by atoms with Crippen LogP contribution in [0.15, 0.2) is 35.1 Å². The van der Waals surface area contributed by atoms with Crippen LogP contribution in [0.25, 0.3) is 0 Å². The van der Waals surface area contributed by atoms with E-state index in [1.54, 1.807) is 12.5 Å². The van der Waals surface area contributed by atoms with E-state index in [1.165, 1.54) is 11.3 Å². The Hall–Kier alpha value is -1.81. The van der Waals surface area contributed by atoms with Crippen LogP contribution >= 0.6 is 0 Å². The highest BCUT2D eigenvalue weighted by Gasteiger charge is 2.08. The number of furan rings is 1. The van der Waals surface area contributed by atoms with Crippen molar-refractivity contribution < 1.29 is 4.42 Å². The van der Waals surface area contributed by atoms with Crippen LogP contribution in [0, 0.1) is 0 Å². The Morgan fingerprint density at radius 1 is 1.24 bits per heavy atom. The van der Waals surface area contributed by atoms with Gasteiger partial charge >= 0.3 is 0 Å². The number of aryl methyl sites for hydroxylation is 1. The van der Waals surface area contributed by atoms with Crippen LogP contribution in [0.2, 0.25) is 0 Å². The number of anilines is 1. The van der Waals surface area contributed by atoms with Gasteiger partial charge in [-0.2, -0.15) is 0 Å². The van der Waals surface area contributed by atoms with Crippen molar-refractivity contribution in [3.63, 3.8) is 0 Å². The lowest BCUT2D eigenvalue weighted by molar-refractivity contribution is 0.563. The maximum atomic E-state index is 5.13. The van der Waals surface area contributed by atoms with E-state index in [-0.39, 0.29) is 0 Å². The van der Waals surface area contributed by atoms with Gasteiger partial charge in [-0.05, 0) is 36.7 Å². The zero-order valence-corrected chi connectivity index (χ0v) is 13.2. The highest BCUT2D eigenvalue weighted by Crippen LogP contribution is 2.17. The summed E-state index contributed by atoms with van der Waals surface area (Å²) in [6, 6.07) is 6.37. The van der Waals surface area contributed by atoms with Crippen molar-refractivity contribution in [2.24, 2.45) is 0 Å². The van der Waals surface area contributed by atoms with Gasteiger partial charge in [0.25, 0.3) is 0 Å². The molecule has 0 saturated heterocycles. The van der Waals surface area contributed by atoms with Crippen LogP contribution in [-0.2, 0) is 19.5 Å². The molecule has 2 aromatic heterocycles. The van der Waals surface area contributed by atoms with Gasteiger partial charge in [0.05, 0.1) is 12.5 Å². The molecule has 0 aliphatic rings. The SMILES string of the molecule is CCCc1cc(CNCC)cc(N(C)Cc2ccoc2)n1. The molecule has 0 fully saturated rings. The average molecular weight is 287 g/mol. The zero-order chi connectivity index (χ0) is 15.1. The number of aromatic nitrogens is 1. The van der Waals surface area contributed by atoms with Gasteiger partial charge in [-0.3, -0.25) is 0 Å². The van der Waals surface area contributed by atoms with E-state index >= 15 is 0 Å². The largest absolute Gasteiger partial charge is 0.472 e. The van der Waals surface area contributed by atoms with Gasteiger partial charge in [0.1, 0.15) is 5.82 Å². The number of hydrogen-bond acceptors (Lipinski definition) is 4. The monoisotopic (exact) mass is 287 g/mol. The third kappa shape index (κ3) is 4.60. The van der Waals surface area contributed by atoms with E-state index in [9.17, 15) is 0 Å².